The fraction of sp³-hybridized carbons (Fsp3) is 0. The van der Waals surface area contributed by atoms with Gasteiger partial charge in [0.2, 0.25) is 0 Å². The van der Waals surface area contributed by atoms with Crippen molar-refractivity contribution in [3.63, 3.8) is 0 Å². The van der Waals surface area contributed by atoms with Gasteiger partial charge in [0.05, 0.1) is 11.1 Å². The molecule has 0 atom stereocenters. The molecule has 3 aromatic rings. The summed E-state index contributed by atoms with van der Waals surface area (Å²) in [5.41, 5.74) is 0.698. The highest BCUT2D eigenvalue weighted by Crippen LogP contribution is 2.30. The molecule has 0 unspecified atom stereocenters. The minimum atomic E-state index is -0.398. The van der Waals surface area contributed by atoms with Crippen LogP contribution in [0.2, 0.25) is 5.02 Å². The van der Waals surface area contributed by atoms with E-state index >= 15 is 0 Å². The number of rotatable bonds is 2. The van der Waals surface area contributed by atoms with E-state index in [1.807, 2.05) is 0 Å². The number of aromatic hydroxyl groups is 1. The summed E-state index contributed by atoms with van der Waals surface area (Å²) in [4.78, 5) is 4.19. The molecule has 2 aromatic carbocycles. The second-order valence-corrected chi connectivity index (χ2v) is 4.59. The van der Waals surface area contributed by atoms with Crippen LogP contribution < -0.4 is 0 Å². The van der Waals surface area contributed by atoms with Crippen molar-refractivity contribution in [2.45, 2.75) is 0 Å². The number of aromatic amines is 1. The molecule has 3 rings (SSSR count). The number of hydrogen-bond acceptors (Lipinski definition) is 3. The molecule has 6 heteroatoms. The molecule has 0 aliphatic heterocycles. The van der Waals surface area contributed by atoms with Crippen LogP contribution in [0.5, 0.6) is 5.75 Å². The molecule has 1 heterocycles. The van der Waals surface area contributed by atoms with Crippen LogP contribution in [0.4, 0.5) is 4.39 Å². The first-order valence-electron chi connectivity index (χ1n) is 5.81. The van der Waals surface area contributed by atoms with E-state index in [2.05, 4.69) is 15.2 Å². The second-order valence-electron chi connectivity index (χ2n) is 4.15. The van der Waals surface area contributed by atoms with Crippen molar-refractivity contribution < 1.29 is 9.50 Å². The van der Waals surface area contributed by atoms with Gasteiger partial charge < -0.3 is 5.11 Å². The third-order valence-electron chi connectivity index (χ3n) is 2.81. The molecule has 0 aliphatic carbocycles. The maximum Gasteiger partial charge on any atom is 0.185 e. The summed E-state index contributed by atoms with van der Waals surface area (Å²) in [7, 11) is 0. The second kappa shape index (κ2) is 4.94. The number of nitrogens with zero attached hydrogens (tertiary/aromatic N) is 2. The van der Waals surface area contributed by atoms with E-state index in [0.29, 0.717) is 16.1 Å². The lowest BCUT2D eigenvalue weighted by Gasteiger charge is -2.00. The van der Waals surface area contributed by atoms with Gasteiger partial charge in [0.1, 0.15) is 11.6 Å². The van der Waals surface area contributed by atoms with E-state index < -0.39 is 5.82 Å². The molecular formula is C14H9ClFN3O. The summed E-state index contributed by atoms with van der Waals surface area (Å²) in [6.07, 6.45) is 0. The van der Waals surface area contributed by atoms with Gasteiger partial charge in [0.25, 0.3) is 0 Å². The molecule has 0 saturated heterocycles. The summed E-state index contributed by atoms with van der Waals surface area (Å²) in [5.74, 6) is 0.153. The van der Waals surface area contributed by atoms with Gasteiger partial charge in [-0.2, -0.15) is 5.10 Å². The van der Waals surface area contributed by atoms with Crippen LogP contribution in [-0.4, -0.2) is 20.3 Å². The summed E-state index contributed by atoms with van der Waals surface area (Å²) in [6.45, 7) is 0. The van der Waals surface area contributed by atoms with Crippen LogP contribution in [0.1, 0.15) is 0 Å². The largest absolute Gasteiger partial charge is 0.507 e. The first-order valence-corrected chi connectivity index (χ1v) is 6.19. The summed E-state index contributed by atoms with van der Waals surface area (Å²) >= 11 is 5.88. The van der Waals surface area contributed by atoms with Crippen molar-refractivity contribution in [1.29, 1.82) is 0 Å². The fourth-order valence-corrected chi connectivity index (χ4v) is 2.02. The van der Waals surface area contributed by atoms with Crippen LogP contribution in [0.25, 0.3) is 22.8 Å². The van der Waals surface area contributed by atoms with Gasteiger partial charge in [-0.15, -0.1) is 0 Å². The van der Waals surface area contributed by atoms with Crippen LogP contribution in [-0.2, 0) is 0 Å². The van der Waals surface area contributed by atoms with Crippen molar-refractivity contribution in [1.82, 2.24) is 15.2 Å². The van der Waals surface area contributed by atoms with Crippen molar-refractivity contribution in [3.05, 3.63) is 53.3 Å². The smallest absolute Gasteiger partial charge is 0.185 e. The number of phenols is 1. The van der Waals surface area contributed by atoms with Crippen molar-refractivity contribution in [3.8, 4) is 28.5 Å². The van der Waals surface area contributed by atoms with E-state index in [4.69, 9.17) is 11.6 Å². The fourth-order valence-electron chi connectivity index (χ4n) is 1.84. The first-order chi connectivity index (χ1) is 9.65. The maximum atomic E-state index is 13.7. The highest BCUT2D eigenvalue weighted by molar-refractivity contribution is 6.30. The average Bonchev–Trinajstić information content (AvgIpc) is 2.91. The zero-order chi connectivity index (χ0) is 14.1. The Morgan fingerprint density at radius 3 is 2.70 bits per heavy atom. The molecule has 0 fully saturated rings. The lowest BCUT2D eigenvalue weighted by atomic mass is 10.2. The van der Waals surface area contributed by atoms with Crippen molar-refractivity contribution >= 4 is 11.6 Å². The van der Waals surface area contributed by atoms with Crippen LogP contribution in [0.15, 0.2) is 42.5 Å². The molecule has 0 saturated carbocycles. The molecule has 4 nitrogen and oxygen atoms in total. The van der Waals surface area contributed by atoms with Crippen LogP contribution >= 0.6 is 11.6 Å². The lowest BCUT2D eigenvalue weighted by molar-refractivity contribution is 0.477. The molecule has 20 heavy (non-hydrogen) atoms. The number of halogens is 2. The Bertz CT molecular complexity index is 773. The van der Waals surface area contributed by atoms with Crippen LogP contribution in [0.3, 0.4) is 0 Å². The molecule has 2 N–H and O–H groups in total. The maximum absolute atomic E-state index is 13.7. The molecule has 0 aliphatic rings. The van der Waals surface area contributed by atoms with Gasteiger partial charge in [-0.25, -0.2) is 9.37 Å². The topological polar surface area (TPSA) is 61.8 Å². The Balaban J connectivity index is 2.07. The molecular weight excluding hydrogens is 281 g/mol. The number of benzene rings is 2. The molecule has 0 bridgehead atoms. The van der Waals surface area contributed by atoms with Gasteiger partial charge in [-0.1, -0.05) is 23.7 Å². The Kier molecular flexibility index (Phi) is 3.12. The Labute approximate surface area is 118 Å². The number of aromatic nitrogens is 3. The number of nitrogens with one attached hydrogen (secondary N) is 1. The van der Waals surface area contributed by atoms with Gasteiger partial charge in [-0.05, 0) is 30.3 Å². The quantitative estimate of drug-likeness (QED) is 0.757. The highest BCUT2D eigenvalue weighted by Gasteiger charge is 2.13. The van der Waals surface area contributed by atoms with Crippen LogP contribution in [0, 0.1) is 5.82 Å². The summed E-state index contributed by atoms with van der Waals surface area (Å²) in [5, 5.41) is 16.9. The van der Waals surface area contributed by atoms with Crippen molar-refractivity contribution in [2.75, 3.05) is 0 Å². The Morgan fingerprint density at radius 2 is 1.90 bits per heavy atom. The molecule has 0 radical (unpaired) electrons. The predicted molar refractivity (Wildman–Crippen MR) is 73.9 cm³/mol. The monoisotopic (exact) mass is 289 g/mol. The SMILES string of the molecule is Oc1ccc(Cl)cc1-c1n[nH]c(-c2ccccc2F)n1. The highest BCUT2D eigenvalue weighted by atomic mass is 35.5. The van der Waals surface area contributed by atoms with E-state index in [0.717, 1.165) is 0 Å². The van der Waals surface area contributed by atoms with E-state index in [9.17, 15) is 9.50 Å². The number of phenolic OH excluding ortho intramolecular Hbond substituents is 1. The molecule has 0 spiro atoms. The zero-order valence-corrected chi connectivity index (χ0v) is 10.9. The van der Waals surface area contributed by atoms with E-state index in [-0.39, 0.29) is 17.4 Å². The van der Waals surface area contributed by atoms with E-state index in [1.54, 1.807) is 30.3 Å². The minimum Gasteiger partial charge on any atom is -0.507 e. The van der Waals surface area contributed by atoms with Gasteiger partial charge in [0, 0.05) is 5.02 Å². The molecule has 1 aromatic heterocycles. The third kappa shape index (κ3) is 2.23. The predicted octanol–water partition coefficient (Wildman–Crippen LogP) is 3.64. The lowest BCUT2D eigenvalue weighted by Crippen LogP contribution is -1.86. The molecule has 0 amide bonds. The van der Waals surface area contributed by atoms with Gasteiger partial charge >= 0.3 is 0 Å². The standard InChI is InChI=1S/C14H9ClFN3O/c15-8-5-6-12(20)10(7-8)14-17-13(18-19-14)9-3-1-2-4-11(9)16/h1-7,20H,(H,17,18,19). The first kappa shape index (κ1) is 12.6. The zero-order valence-electron chi connectivity index (χ0n) is 10.1. The normalized spacial score (nSPS) is 10.7. The Hall–Kier alpha value is -2.40. The molecule has 100 valence electrons. The summed E-state index contributed by atoms with van der Waals surface area (Å²) < 4.78 is 13.7. The van der Waals surface area contributed by atoms with E-state index in [1.165, 1.54) is 12.1 Å². The number of H-pyrrole nitrogens is 1. The minimum absolute atomic E-state index is 0.00786. The average molecular weight is 290 g/mol. The van der Waals surface area contributed by atoms with Crippen molar-refractivity contribution in [2.24, 2.45) is 0 Å². The number of hydrogen-bond donors (Lipinski definition) is 2. The third-order valence-corrected chi connectivity index (χ3v) is 3.05. The van der Waals surface area contributed by atoms with Gasteiger partial charge in [0.15, 0.2) is 11.6 Å². The van der Waals surface area contributed by atoms with Gasteiger partial charge in [-0.3, -0.25) is 5.10 Å². The summed E-state index contributed by atoms with van der Waals surface area (Å²) in [6, 6.07) is 10.8. The Morgan fingerprint density at radius 1 is 1.10 bits per heavy atom.